The van der Waals surface area contributed by atoms with E-state index in [0.717, 1.165) is 44.1 Å². The summed E-state index contributed by atoms with van der Waals surface area (Å²) in [5, 5.41) is 0. The number of rotatable bonds is 4. The molecule has 5 heteroatoms. The Kier molecular flexibility index (Phi) is 6.66. The standard InChI is InChI=1S/C23H36N2O3/c1-22(2,3)28-21(26)25(17-18-8-5-4-6-9-18)19-11-14-23(15-12-19)13-7-10-20(16-24)27-23/h4-6,8-9,19-20H,7,10-17,24H2,1-3H3. The Morgan fingerprint density at radius 3 is 2.46 bits per heavy atom. The summed E-state index contributed by atoms with van der Waals surface area (Å²) in [6.45, 7) is 6.95. The smallest absolute Gasteiger partial charge is 0.410 e. The van der Waals surface area contributed by atoms with Gasteiger partial charge in [0.05, 0.1) is 11.7 Å². The van der Waals surface area contributed by atoms with Crippen LogP contribution in [0.2, 0.25) is 0 Å². The summed E-state index contributed by atoms with van der Waals surface area (Å²) in [5.41, 5.74) is 6.46. The normalized spacial score (nSPS) is 28.1. The third-order valence-electron chi connectivity index (χ3n) is 5.97. The summed E-state index contributed by atoms with van der Waals surface area (Å²) in [7, 11) is 0. The molecule has 5 nitrogen and oxygen atoms in total. The van der Waals surface area contributed by atoms with E-state index in [2.05, 4.69) is 12.1 Å². The fourth-order valence-electron chi connectivity index (χ4n) is 4.54. The van der Waals surface area contributed by atoms with Gasteiger partial charge in [0, 0.05) is 19.1 Å². The Bertz CT molecular complexity index is 633. The van der Waals surface area contributed by atoms with Gasteiger partial charge in [0.1, 0.15) is 5.60 Å². The van der Waals surface area contributed by atoms with E-state index >= 15 is 0 Å². The minimum absolute atomic E-state index is 0.0366. The zero-order valence-electron chi connectivity index (χ0n) is 17.7. The first-order chi connectivity index (χ1) is 13.3. The lowest BCUT2D eigenvalue weighted by Crippen LogP contribution is -2.51. The van der Waals surface area contributed by atoms with Crippen molar-refractivity contribution >= 4 is 6.09 Å². The second-order valence-electron chi connectivity index (χ2n) is 9.38. The molecule has 1 aliphatic carbocycles. The molecule has 2 N–H and O–H groups in total. The summed E-state index contributed by atoms with van der Waals surface area (Å²) >= 11 is 0. The van der Waals surface area contributed by atoms with Gasteiger partial charge in [-0.15, -0.1) is 0 Å². The van der Waals surface area contributed by atoms with Crippen LogP contribution in [0.5, 0.6) is 0 Å². The molecule has 2 fully saturated rings. The molecule has 1 aromatic rings. The van der Waals surface area contributed by atoms with Crippen LogP contribution in [-0.2, 0) is 16.0 Å². The molecule has 28 heavy (non-hydrogen) atoms. The van der Waals surface area contributed by atoms with Crippen LogP contribution in [0.15, 0.2) is 30.3 Å². The van der Waals surface area contributed by atoms with E-state index in [9.17, 15) is 4.79 Å². The number of ether oxygens (including phenoxy) is 2. The number of carbonyl (C=O) groups excluding carboxylic acids is 1. The van der Waals surface area contributed by atoms with Gasteiger partial charge in [0.25, 0.3) is 0 Å². The molecule has 1 aliphatic heterocycles. The molecule has 3 rings (SSSR count). The number of benzene rings is 1. The number of hydrogen-bond donors (Lipinski definition) is 1. The van der Waals surface area contributed by atoms with Crippen LogP contribution in [-0.4, -0.2) is 40.9 Å². The Morgan fingerprint density at radius 1 is 1.18 bits per heavy atom. The lowest BCUT2D eigenvalue weighted by atomic mass is 9.76. The minimum atomic E-state index is -0.497. The monoisotopic (exact) mass is 388 g/mol. The Balaban J connectivity index is 1.69. The third kappa shape index (κ3) is 5.48. The van der Waals surface area contributed by atoms with Gasteiger partial charge < -0.3 is 20.1 Å². The lowest BCUT2D eigenvalue weighted by molar-refractivity contribution is -0.148. The molecule has 1 spiro atoms. The minimum Gasteiger partial charge on any atom is -0.444 e. The van der Waals surface area contributed by atoms with Crippen LogP contribution >= 0.6 is 0 Å². The summed E-state index contributed by atoms with van der Waals surface area (Å²) in [5.74, 6) is 0. The maximum atomic E-state index is 13.0. The van der Waals surface area contributed by atoms with Crippen molar-refractivity contribution < 1.29 is 14.3 Å². The molecule has 1 saturated heterocycles. The van der Waals surface area contributed by atoms with E-state index in [4.69, 9.17) is 15.2 Å². The predicted octanol–water partition coefficient (Wildman–Crippen LogP) is 4.63. The predicted molar refractivity (Wildman–Crippen MR) is 111 cm³/mol. The topological polar surface area (TPSA) is 64.8 Å². The van der Waals surface area contributed by atoms with Gasteiger partial charge >= 0.3 is 6.09 Å². The van der Waals surface area contributed by atoms with Crippen molar-refractivity contribution in [2.24, 2.45) is 5.73 Å². The van der Waals surface area contributed by atoms with Crippen molar-refractivity contribution in [2.45, 2.75) is 95.6 Å². The molecule has 156 valence electrons. The molecular weight excluding hydrogens is 352 g/mol. The van der Waals surface area contributed by atoms with Crippen molar-refractivity contribution in [1.29, 1.82) is 0 Å². The quantitative estimate of drug-likeness (QED) is 0.816. The van der Waals surface area contributed by atoms with Crippen LogP contribution in [0.25, 0.3) is 0 Å². The fraction of sp³-hybridized carbons (Fsp3) is 0.696. The summed E-state index contributed by atoms with van der Waals surface area (Å²) < 4.78 is 12.1. The van der Waals surface area contributed by atoms with E-state index in [1.807, 2.05) is 43.9 Å². The first-order valence-electron chi connectivity index (χ1n) is 10.7. The number of nitrogens with zero attached hydrogens (tertiary/aromatic N) is 1. The van der Waals surface area contributed by atoms with E-state index in [1.54, 1.807) is 0 Å². The van der Waals surface area contributed by atoms with E-state index < -0.39 is 5.60 Å². The second kappa shape index (κ2) is 8.83. The third-order valence-corrected chi connectivity index (χ3v) is 5.97. The van der Waals surface area contributed by atoms with Crippen LogP contribution in [0.4, 0.5) is 4.79 Å². The summed E-state index contributed by atoms with van der Waals surface area (Å²) in [4.78, 5) is 14.9. The largest absolute Gasteiger partial charge is 0.444 e. The Morgan fingerprint density at radius 2 is 1.86 bits per heavy atom. The van der Waals surface area contributed by atoms with Gasteiger partial charge in [-0.1, -0.05) is 30.3 Å². The molecule has 0 bridgehead atoms. The van der Waals surface area contributed by atoms with E-state index in [0.29, 0.717) is 13.1 Å². The van der Waals surface area contributed by atoms with Crippen LogP contribution in [0, 0.1) is 0 Å². The highest BCUT2D eigenvalue weighted by atomic mass is 16.6. The molecule has 1 unspecified atom stereocenters. The van der Waals surface area contributed by atoms with Crippen molar-refractivity contribution in [3.05, 3.63) is 35.9 Å². The molecule has 1 amide bonds. The van der Waals surface area contributed by atoms with Gasteiger partial charge in [-0.25, -0.2) is 4.79 Å². The average Bonchev–Trinajstić information content (AvgIpc) is 2.66. The molecule has 1 aromatic carbocycles. The highest BCUT2D eigenvalue weighted by molar-refractivity contribution is 5.68. The summed E-state index contributed by atoms with van der Waals surface area (Å²) in [6, 6.07) is 10.3. The van der Waals surface area contributed by atoms with Crippen LogP contribution in [0.1, 0.15) is 71.3 Å². The van der Waals surface area contributed by atoms with Crippen LogP contribution in [0.3, 0.4) is 0 Å². The highest BCUT2D eigenvalue weighted by Gasteiger charge is 2.42. The number of amides is 1. The van der Waals surface area contributed by atoms with Crippen LogP contribution < -0.4 is 5.73 Å². The molecule has 0 radical (unpaired) electrons. The van der Waals surface area contributed by atoms with Crippen molar-refractivity contribution in [2.75, 3.05) is 6.54 Å². The van der Waals surface area contributed by atoms with Gasteiger partial charge in [0.2, 0.25) is 0 Å². The number of carbonyl (C=O) groups is 1. The zero-order valence-corrected chi connectivity index (χ0v) is 17.7. The first kappa shape index (κ1) is 21.1. The first-order valence-corrected chi connectivity index (χ1v) is 10.7. The van der Waals surface area contributed by atoms with E-state index in [1.165, 1.54) is 6.42 Å². The second-order valence-corrected chi connectivity index (χ2v) is 9.38. The molecule has 2 aliphatic rings. The van der Waals surface area contributed by atoms with Gasteiger partial charge in [-0.2, -0.15) is 0 Å². The SMILES string of the molecule is CC(C)(C)OC(=O)N(Cc1ccccc1)C1CCC2(CCCC(CN)O2)CC1. The van der Waals surface area contributed by atoms with Gasteiger partial charge in [0.15, 0.2) is 0 Å². The molecule has 0 aromatic heterocycles. The molecular formula is C23H36N2O3. The van der Waals surface area contributed by atoms with Gasteiger partial charge in [-0.05, 0) is 71.3 Å². The number of hydrogen-bond acceptors (Lipinski definition) is 4. The Hall–Kier alpha value is -1.59. The molecule has 1 saturated carbocycles. The highest BCUT2D eigenvalue weighted by Crippen LogP contribution is 2.42. The lowest BCUT2D eigenvalue weighted by Gasteiger charge is -2.47. The molecule has 1 atom stereocenters. The maximum Gasteiger partial charge on any atom is 0.410 e. The van der Waals surface area contributed by atoms with Crippen molar-refractivity contribution in [1.82, 2.24) is 4.90 Å². The van der Waals surface area contributed by atoms with Gasteiger partial charge in [-0.3, -0.25) is 0 Å². The van der Waals surface area contributed by atoms with Crippen molar-refractivity contribution in [3.8, 4) is 0 Å². The Labute approximate surface area is 169 Å². The number of nitrogens with two attached hydrogens (primary N) is 1. The zero-order chi connectivity index (χ0) is 20.2. The maximum absolute atomic E-state index is 13.0. The average molecular weight is 389 g/mol. The fourth-order valence-corrected chi connectivity index (χ4v) is 4.54. The summed E-state index contributed by atoms with van der Waals surface area (Å²) in [6.07, 6.45) is 7.21. The molecule has 1 heterocycles. The van der Waals surface area contributed by atoms with E-state index in [-0.39, 0.29) is 23.8 Å². The van der Waals surface area contributed by atoms with Crippen molar-refractivity contribution in [3.63, 3.8) is 0 Å².